The van der Waals surface area contributed by atoms with E-state index in [0.29, 0.717) is 11.5 Å². The van der Waals surface area contributed by atoms with Gasteiger partial charge in [0.2, 0.25) is 5.91 Å². The molecule has 0 bridgehead atoms. The van der Waals surface area contributed by atoms with E-state index >= 15 is 0 Å². The number of hydrogen-bond donors (Lipinski definition) is 1. The van der Waals surface area contributed by atoms with Crippen LogP contribution in [0, 0.1) is 16.7 Å². The molecule has 1 saturated carbocycles. The monoisotopic (exact) mass is 284 g/mol. The predicted molar refractivity (Wildman–Crippen MR) is 88.5 cm³/mol. The molecule has 3 nitrogen and oxygen atoms in total. The standard InChI is InChI=1S/C11H18N2O.3C2H6/c1-11(2)6-3-9(4-7-11)13-10(14)5-8-12;3*1-2/h9H,3-7H2,1-2H3,(H,13,14);3*1-2H3. The summed E-state index contributed by atoms with van der Waals surface area (Å²) in [6, 6.07) is 2.16. The van der Waals surface area contributed by atoms with E-state index in [0.717, 1.165) is 25.7 Å². The highest BCUT2D eigenvalue weighted by Gasteiger charge is 2.27. The van der Waals surface area contributed by atoms with E-state index in [1.165, 1.54) is 0 Å². The Morgan fingerprint density at radius 1 is 1.10 bits per heavy atom. The lowest BCUT2D eigenvalue weighted by Crippen LogP contribution is -2.39. The van der Waals surface area contributed by atoms with Crippen molar-refractivity contribution in [2.45, 2.75) is 93.5 Å². The van der Waals surface area contributed by atoms with Crippen LogP contribution in [0.4, 0.5) is 0 Å². The lowest BCUT2D eigenvalue weighted by Gasteiger charge is -2.34. The Morgan fingerprint density at radius 3 is 1.85 bits per heavy atom. The molecule has 1 rings (SSSR count). The van der Waals surface area contributed by atoms with Gasteiger partial charge in [-0.05, 0) is 31.1 Å². The molecule has 0 spiro atoms. The van der Waals surface area contributed by atoms with Gasteiger partial charge in [0.25, 0.3) is 0 Å². The highest BCUT2D eigenvalue weighted by Crippen LogP contribution is 2.34. The maximum absolute atomic E-state index is 11.1. The number of nitrogens with one attached hydrogen (secondary N) is 1. The Labute approximate surface area is 127 Å². The Hall–Kier alpha value is -1.04. The fourth-order valence-electron chi connectivity index (χ4n) is 1.89. The second-order valence-corrected chi connectivity index (χ2v) is 4.84. The van der Waals surface area contributed by atoms with Crippen LogP contribution in [0.15, 0.2) is 0 Å². The molecule has 3 heteroatoms. The van der Waals surface area contributed by atoms with Crippen molar-refractivity contribution in [3.63, 3.8) is 0 Å². The van der Waals surface area contributed by atoms with Crippen molar-refractivity contribution in [2.24, 2.45) is 5.41 Å². The summed E-state index contributed by atoms with van der Waals surface area (Å²) in [7, 11) is 0. The molecule has 0 aromatic carbocycles. The first-order valence-electron chi connectivity index (χ1n) is 8.20. The van der Waals surface area contributed by atoms with Crippen LogP contribution in [0.5, 0.6) is 0 Å². The van der Waals surface area contributed by atoms with Gasteiger partial charge < -0.3 is 5.32 Å². The molecule has 0 aromatic heterocycles. The maximum Gasteiger partial charge on any atom is 0.234 e. The molecule has 0 aliphatic heterocycles. The molecule has 1 aliphatic carbocycles. The van der Waals surface area contributed by atoms with Gasteiger partial charge in [0.05, 0.1) is 6.07 Å². The van der Waals surface area contributed by atoms with Crippen molar-refractivity contribution in [1.82, 2.24) is 5.32 Å². The summed E-state index contributed by atoms with van der Waals surface area (Å²) in [4.78, 5) is 11.1. The van der Waals surface area contributed by atoms with Crippen LogP contribution in [-0.2, 0) is 4.79 Å². The first kappa shape index (κ1) is 24.0. The summed E-state index contributed by atoms with van der Waals surface area (Å²) < 4.78 is 0. The van der Waals surface area contributed by atoms with E-state index in [-0.39, 0.29) is 12.3 Å². The molecular weight excluding hydrogens is 248 g/mol. The van der Waals surface area contributed by atoms with Crippen molar-refractivity contribution in [2.75, 3.05) is 0 Å². The van der Waals surface area contributed by atoms with Crippen molar-refractivity contribution in [1.29, 1.82) is 5.26 Å². The summed E-state index contributed by atoms with van der Waals surface area (Å²) in [5, 5.41) is 11.2. The van der Waals surface area contributed by atoms with E-state index in [9.17, 15) is 4.79 Å². The van der Waals surface area contributed by atoms with Crippen LogP contribution in [0.25, 0.3) is 0 Å². The summed E-state index contributed by atoms with van der Waals surface area (Å²) in [5.41, 5.74) is 0.427. The van der Waals surface area contributed by atoms with Crippen LogP contribution in [0.2, 0.25) is 0 Å². The smallest absolute Gasteiger partial charge is 0.234 e. The van der Waals surface area contributed by atoms with Crippen LogP contribution in [0.1, 0.15) is 87.5 Å². The molecule has 0 heterocycles. The van der Waals surface area contributed by atoms with Gasteiger partial charge in [0.15, 0.2) is 0 Å². The zero-order valence-corrected chi connectivity index (χ0v) is 15.0. The molecule has 0 radical (unpaired) electrons. The van der Waals surface area contributed by atoms with Crippen LogP contribution in [-0.4, -0.2) is 11.9 Å². The van der Waals surface area contributed by atoms with Gasteiger partial charge in [-0.25, -0.2) is 0 Å². The first-order valence-corrected chi connectivity index (χ1v) is 8.20. The van der Waals surface area contributed by atoms with Gasteiger partial charge in [0, 0.05) is 6.04 Å². The molecule has 0 atom stereocenters. The average molecular weight is 284 g/mol. The SMILES string of the molecule is CC.CC.CC.CC1(C)CCC(NC(=O)CC#N)CC1. The third-order valence-corrected chi connectivity index (χ3v) is 2.94. The molecule has 1 amide bonds. The molecule has 1 aliphatic rings. The minimum absolute atomic E-state index is 0.0140. The number of hydrogen-bond acceptors (Lipinski definition) is 2. The Kier molecular flexibility index (Phi) is 19.2. The largest absolute Gasteiger partial charge is 0.352 e. The summed E-state index contributed by atoms with van der Waals surface area (Å²) in [6.45, 7) is 16.5. The van der Waals surface area contributed by atoms with Gasteiger partial charge in [-0.15, -0.1) is 0 Å². The number of carbonyl (C=O) groups is 1. The summed E-state index contributed by atoms with van der Waals surface area (Å²) in [6.07, 6.45) is 4.39. The van der Waals surface area contributed by atoms with E-state index in [4.69, 9.17) is 5.26 Å². The second kappa shape index (κ2) is 16.0. The van der Waals surface area contributed by atoms with Crippen molar-refractivity contribution < 1.29 is 4.79 Å². The zero-order chi connectivity index (χ0) is 16.6. The van der Waals surface area contributed by atoms with E-state index in [1.54, 1.807) is 0 Å². The third-order valence-electron chi connectivity index (χ3n) is 2.94. The van der Waals surface area contributed by atoms with Crippen molar-refractivity contribution in [3.05, 3.63) is 0 Å². The topological polar surface area (TPSA) is 52.9 Å². The van der Waals surface area contributed by atoms with Crippen molar-refractivity contribution >= 4 is 5.91 Å². The minimum Gasteiger partial charge on any atom is -0.352 e. The highest BCUT2D eigenvalue weighted by molar-refractivity contribution is 5.78. The lowest BCUT2D eigenvalue weighted by atomic mass is 9.75. The normalized spacial score (nSPS) is 15.8. The average Bonchev–Trinajstić information content (AvgIpc) is 2.48. The fraction of sp³-hybridized carbons (Fsp3) is 0.882. The molecule has 1 N–H and O–H groups in total. The summed E-state index contributed by atoms with van der Waals surface area (Å²) >= 11 is 0. The predicted octanol–water partition coefficient (Wildman–Crippen LogP) is 5.06. The van der Waals surface area contributed by atoms with Crippen LogP contribution in [0.3, 0.4) is 0 Å². The molecule has 0 saturated heterocycles. The molecule has 120 valence electrons. The molecule has 1 fully saturated rings. The maximum atomic E-state index is 11.1. The van der Waals surface area contributed by atoms with Gasteiger partial charge >= 0.3 is 0 Å². The Balaban J connectivity index is -0.000000425. The van der Waals surface area contributed by atoms with E-state index in [1.807, 2.05) is 47.6 Å². The van der Waals surface area contributed by atoms with Gasteiger partial charge in [0.1, 0.15) is 6.42 Å². The molecule has 20 heavy (non-hydrogen) atoms. The van der Waals surface area contributed by atoms with Gasteiger partial charge in [-0.2, -0.15) is 5.26 Å². The fourth-order valence-corrected chi connectivity index (χ4v) is 1.89. The summed E-state index contributed by atoms with van der Waals surface area (Å²) in [5.74, 6) is -0.128. The number of amides is 1. The minimum atomic E-state index is -0.128. The molecular formula is C17H36N2O. The number of rotatable bonds is 2. The zero-order valence-electron chi connectivity index (χ0n) is 15.0. The number of carbonyl (C=O) groups excluding carboxylic acids is 1. The molecule has 0 aromatic rings. The number of nitrogens with zero attached hydrogens (tertiary/aromatic N) is 1. The van der Waals surface area contributed by atoms with E-state index in [2.05, 4.69) is 19.2 Å². The van der Waals surface area contributed by atoms with Crippen LogP contribution < -0.4 is 5.32 Å². The molecule has 0 unspecified atom stereocenters. The van der Waals surface area contributed by atoms with Gasteiger partial charge in [-0.1, -0.05) is 55.4 Å². The Morgan fingerprint density at radius 2 is 1.50 bits per heavy atom. The first-order chi connectivity index (χ1) is 9.53. The number of nitriles is 1. The van der Waals surface area contributed by atoms with Crippen LogP contribution >= 0.6 is 0 Å². The van der Waals surface area contributed by atoms with Gasteiger partial charge in [-0.3, -0.25) is 4.79 Å². The third kappa shape index (κ3) is 13.4. The van der Waals surface area contributed by atoms with Crippen molar-refractivity contribution in [3.8, 4) is 6.07 Å². The second-order valence-electron chi connectivity index (χ2n) is 4.84. The highest BCUT2D eigenvalue weighted by atomic mass is 16.1. The quantitative estimate of drug-likeness (QED) is 0.770. The lowest BCUT2D eigenvalue weighted by molar-refractivity contribution is -0.121. The Bertz CT molecular complexity index is 244. The van der Waals surface area contributed by atoms with E-state index < -0.39 is 0 Å².